The number of imidazole rings is 1. The molecular formula is C117H76N10. The Hall–Kier alpha value is -17.2. The second kappa shape index (κ2) is 33.7. The molecule has 8 heterocycles. The first-order valence-electron chi connectivity index (χ1n) is 42.6. The minimum atomic E-state index is 0.889. The summed E-state index contributed by atoms with van der Waals surface area (Å²) in [5.74, 6) is 0.942. The maximum atomic E-state index is 5.05. The molecule has 0 saturated carbocycles. The van der Waals surface area contributed by atoms with Crippen LogP contribution in [0.25, 0.3) is 227 Å². The zero-order valence-corrected chi connectivity index (χ0v) is 68.9. The fourth-order valence-corrected chi connectivity index (χ4v) is 17.6. The molecule has 0 atom stereocenters. The number of benzene rings is 16. The molecule has 0 spiro atoms. The van der Waals surface area contributed by atoms with Gasteiger partial charge >= 0.3 is 0 Å². The standard InChI is InChI=1S/C40H26N4.C39H25N3.C38H25N3/c1-4-35(36-15-14-33-3-2-20-43-40(33)37(36)5-1)30-12-10-28(11-13-30)27-6-8-29(9-7-27)34-25-38(31-16-21-41-22-17-31)44-39(26-34)32-18-23-42-24-19-32;1-2-8-29(9-3-1)38-39(42-36-14-5-4-13-35(36)41-38)31-21-17-27(18-22-31)26-15-19-28(20-16-26)32-11-6-12-34-33(32)24-23-30-10-7-25-40-37(30)34;1-2-9-31(10-3-1)41-36-14-5-4-13-35(36)40-38(41)30-21-17-27(18-22-30)26-15-19-28(20-16-26)32-11-6-12-34-33(32)24-23-29-8-7-25-39-37(29)34/h1-26H;1-25H;1-25H. The maximum Gasteiger partial charge on any atom is 0.145 e. The molecule has 16 aromatic carbocycles. The SMILES string of the molecule is c1ccc(-c2nc3ccccc3nc2-c2ccc(-c3ccc(-c4cccc5c4ccc4cccnc45)cc3)cc2)cc1.c1ccc(-n2c(-c3ccc(-c4ccc(-c5cccc6c5ccc5cccnc56)cc4)cc3)nc3ccccc32)cc1.c1cnc2c(c1)ccc1c(-c3ccc(-c4ccc(-c5cc(-c6ccncc6)nc(-c6ccncc6)c5)cc4)cc3)cccc12. The van der Waals surface area contributed by atoms with Gasteiger partial charge in [0, 0.05) is 109 Å². The van der Waals surface area contributed by atoms with Gasteiger partial charge in [0.1, 0.15) is 5.82 Å². The Morgan fingerprint density at radius 3 is 0.913 bits per heavy atom. The Kier molecular flexibility index (Phi) is 20.1. The minimum absolute atomic E-state index is 0.889. The molecule has 0 N–H and O–H groups in total. The van der Waals surface area contributed by atoms with Crippen LogP contribution in [0.3, 0.4) is 0 Å². The summed E-state index contributed by atoms with van der Waals surface area (Å²) in [6.45, 7) is 0. The van der Waals surface area contributed by atoms with Gasteiger partial charge in [0.25, 0.3) is 0 Å². The number of hydrogen-bond donors (Lipinski definition) is 0. The quantitative estimate of drug-likeness (QED) is 0.104. The van der Waals surface area contributed by atoms with Crippen LogP contribution in [0.15, 0.2) is 462 Å². The Balaban J connectivity index is 0.000000113. The first-order chi connectivity index (χ1) is 62.9. The predicted molar refractivity (Wildman–Crippen MR) is 524 cm³/mol. The average molecular weight is 1620 g/mol. The van der Waals surface area contributed by atoms with Crippen LogP contribution >= 0.6 is 0 Å². The maximum absolute atomic E-state index is 5.05. The van der Waals surface area contributed by atoms with Crippen LogP contribution in [0.2, 0.25) is 0 Å². The fraction of sp³-hybridized carbons (Fsp3) is 0. The van der Waals surface area contributed by atoms with Crippen LogP contribution in [-0.4, -0.2) is 49.4 Å². The molecule has 594 valence electrons. The third kappa shape index (κ3) is 15.1. The van der Waals surface area contributed by atoms with Gasteiger partial charge in [-0.05, 0) is 185 Å². The smallest absolute Gasteiger partial charge is 0.145 e. The van der Waals surface area contributed by atoms with Gasteiger partial charge < -0.3 is 0 Å². The summed E-state index contributed by atoms with van der Waals surface area (Å²) in [5.41, 5.74) is 33.5. The zero-order valence-electron chi connectivity index (χ0n) is 68.9. The van der Waals surface area contributed by atoms with Crippen LogP contribution in [0.5, 0.6) is 0 Å². The van der Waals surface area contributed by atoms with Crippen molar-refractivity contribution in [3.63, 3.8) is 0 Å². The van der Waals surface area contributed by atoms with Crippen LogP contribution in [-0.2, 0) is 0 Å². The molecule has 0 aliphatic heterocycles. The molecule has 0 amide bonds. The molecular weight excluding hydrogens is 1550 g/mol. The highest BCUT2D eigenvalue weighted by Crippen LogP contribution is 2.41. The molecule has 24 rings (SSSR count). The molecule has 0 aliphatic rings. The van der Waals surface area contributed by atoms with Crippen LogP contribution < -0.4 is 0 Å². The van der Waals surface area contributed by atoms with Gasteiger partial charge in [0.05, 0.1) is 61.4 Å². The Morgan fingerprint density at radius 2 is 0.512 bits per heavy atom. The van der Waals surface area contributed by atoms with Crippen molar-refractivity contribution >= 4 is 87.1 Å². The van der Waals surface area contributed by atoms with E-state index in [2.05, 4.69) is 351 Å². The van der Waals surface area contributed by atoms with Crippen molar-refractivity contribution in [2.45, 2.75) is 0 Å². The number of para-hydroxylation sites is 5. The van der Waals surface area contributed by atoms with Crippen molar-refractivity contribution in [1.82, 2.24) is 49.4 Å². The number of fused-ring (bicyclic) bond motifs is 11. The normalized spacial score (nSPS) is 11.3. The van der Waals surface area contributed by atoms with E-state index in [4.69, 9.17) is 19.9 Å². The van der Waals surface area contributed by atoms with Gasteiger partial charge in [0.15, 0.2) is 0 Å². The summed E-state index contributed by atoms with van der Waals surface area (Å²) in [5, 5.41) is 10.7. The lowest BCUT2D eigenvalue weighted by atomic mass is 9.94. The average Bonchev–Trinajstić information content (AvgIpc) is 1.10. The summed E-state index contributed by atoms with van der Waals surface area (Å²) >= 11 is 0. The highest BCUT2D eigenvalue weighted by Gasteiger charge is 2.20. The highest BCUT2D eigenvalue weighted by molar-refractivity contribution is 6.13. The molecule has 0 bridgehead atoms. The Morgan fingerprint density at radius 1 is 0.181 bits per heavy atom. The third-order valence-electron chi connectivity index (χ3n) is 24.0. The van der Waals surface area contributed by atoms with E-state index in [-0.39, 0.29) is 0 Å². The Labute approximate surface area is 733 Å². The molecule has 0 saturated heterocycles. The summed E-state index contributed by atoms with van der Waals surface area (Å²) in [6, 6.07) is 147. The predicted octanol–water partition coefficient (Wildman–Crippen LogP) is 29.6. The monoisotopic (exact) mass is 1620 g/mol. The lowest BCUT2D eigenvalue weighted by Crippen LogP contribution is -1.97. The number of aromatic nitrogens is 10. The second-order valence-corrected chi connectivity index (χ2v) is 31.6. The van der Waals surface area contributed by atoms with Gasteiger partial charge in [-0.25, -0.2) is 19.9 Å². The van der Waals surface area contributed by atoms with Crippen molar-refractivity contribution in [2.24, 2.45) is 0 Å². The number of hydrogen-bond acceptors (Lipinski definition) is 9. The van der Waals surface area contributed by atoms with Crippen molar-refractivity contribution in [2.75, 3.05) is 0 Å². The summed E-state index contributed by atoms with van der Waals surface area (Å²) in [6.07, 6.45) is 12.8. The molecule has 0 unspecified atom stereocenters. The first-order valence-corrected chi connectivity index (χ1v) is 42.6. The molecule has 10 nitrogen and oxygen atoms in total. The molecule has 10 heteroatoms. The lowest BCUT2D eigenvalue weighted by Gasteiger charge is -2.12. The second-order valence-electron chi connectivity index (χ2n) is 31.6. The molecule has 0 fully saturated rings. The topological polar surface area (TPSA) is 121 Å². The fourth-order valence-electron chi connectivity index (χ4n) is 17.6. The van der Waals surface area contributed by atoms with Crippen LogP contribution in [0.1, 0.15) is 0 Å². The molecule has 127 heavy (non-hydrogen) atoms. The molecule has 0 radical (unpaired) electrons. The van der Waals surface area contributed by atoms with Gasteiger partial charge in [0.2, 0.25) is 0 Å². The zero-order chi connectivity index (χ0) is 84.4. The van der Waals surface area contributed by atoms with Gasteiger partial charge in [-0.15, -0.1) is 0 Å². The van der Waals surface area contributed by atoms with E-state index in [1.165, 1.54) is 93.5 Å². The van der Waals surface area contributed by atoms with Crippen molar-refractivity contribution in [1.29, 1.82) is 0 Å². The van der Waals surface area contributed by atoms with E-state index < -0.39 is 0 Å². The summed E-state index contributed by atoms with van der Waals surface area (Å²) in [4.78, 5) is 42.4. The highest BCUT2D eigenvalue weighted by atomic mass is 15.1. The van der Waals surface area contributed by atoms with E-state index >= 15 is 0 Å². The van der Waals surface area contributed by atoms with Crippen LogP contribution in [0, 0.1) is 0 Å². The summed E-state index contributed by atoms with van der Waals surface area (Å²) < 4.78 is 2.24. The third-order valence-corrected chi connectivity index (χ3v) is 24.0. The minimum Gasteiger partial charge on any atom is -0.292 e. The first kappa shape index (κ1) is 76.0. The van der Waals surface area contributed by atoms with E-state index in [9.17, 15) is 0 Å². The van der Waals surface area contributed by atoms with Crippen molar-refractivity contribution in [3.8, 4) is 140 Å². The lowest BCUT2D eigenvalue weighted by molar-refractivity contribution is 1.10. The molecule has 0 aliphatic carbocycles. The molecule has 24 aromatic rings. The summed E-state index contributed by atoms with van der Waals surface area (Å²) in [7, 11) is 0. The van der Waals surface area contributed by atoms with E-state index in [1.807, 2.05) is 116 Å². The van der Waals surface area contributed by atoms with Gasteiger partial charge in [-0.2, -0.15) is 0 Å². The van der Waals surface area contributed by atoms with Gasteiger partial charge in [-0.3, -0.25) is 29.5 Å². The van der Waals surface area contributed by atoms with Crippen molar-refractivity contribution < 1.29 is 0 Å². The van der Waals surface area contributed by atoms with Crippen molar-refractivity contribution in [3.05, 3.63) is 462 Å². The van der Waals surface area contributed by atoms with Gasteiger partial charge in [-0.1, -0.05) is 328 Å². The number of rotatable bonds is 13. The van der Waals surface area contributed by atoms with Crippen LogP contribution in [0.4, 0.5) is 0 Å². The number of nitrogens with zero attached hydrogens (tertiary/aromatic N) is 10. The largest absolute Gasteiger partial charge is 0.292 e. The van der Waals surface area contributed by atoms with E-state index in [0.717, 1.165) is 134 Å². The van der Waals surface area contributed by atoms with E-state index in [0.29, 0.717) is 0 Å². The Bertz CT molecular complexity index is 8120. The van der Waals surface area contributed by atoms with E-state index in [1.54, 1.807) is 24.8 Å². The number of pyridine rings is 6. The molecule has 8 aromatic heterocycles.